The van der Waals surface area contributed by atoms with E-state index in [9.17, 15) is 5.11 Å². The van der Waals surface area contributed by atoms with E-state index in [1.54, 1.807) is 6.07 Å². The molecule has 2 rings (SSSR count). The van der Waals surface area contributed by atoms with Gasteiger partial charge in [0.25, 0.3) is 0 Å². The lowest BCUT2D eigenvalue weighted by atomic mass is 10.1. The highest BCUT2D eigenvalue weighted by Crippen LogP contribution is 2.24. The third-order valence-electron chi connectivity index (χ3n) is 3.21. The zero-order valence-electron chi connectivity index (χ0n) is 11.7. The second kappa shape index (κ2) is 5.89. The van der Waals surface area contributed by atoms with Crippen LogP contribution in [-0.2, 0) is 6.54 Å². The summed E-state index contributed by atoms with van der Waals surface area (Å²) in [6, 6.07) is 5.91. The van der Waals surface area contributed by atoms with Crippen molar-refractivity contribution >= 4 is 0 Å². The molecule has 4 heteroatoms. The molecule has 0 saturated heterocycles. The van der Waals surface area contributed by atoms with Gasteiger partial charge in [0.1, 0.15) is 5.75 Å². The lowest BCUT2D eigenvalue weighted by molar-refractivity contribution is 0.446. The molecule has 0 spiro atoms. The van der Waals surface area contributed by atoms with Gasteiger partial charge in [-0.3, -0.25) is 4.68 Å². The minimum Gasteiger partial charge on any atom is -0.508 e. The zero-order chi connectivity index (χ0) is 13.8. The molecule has 0 saturated carbocycles. The molecular weight excluding hydrogens is 238 g/mol. The molecule has 1 atom stereocenters. The Morgan fingerprint density at radius 3 is 2.74 bits per heavy atom. The van der Waals surface area contributed by atoms with Crippen LogP contribution in [0.5, 0.6) is 5.75 Å². The molecule has 1 aromatic carbocycles. The lowest BCUT2D eigenvalue weighted by Crippen LogP contribution is -2.23. The predicted molar refractivity (Wildman–Crippen MR) is 76.2 cm³/mol. The van der Waals surface area contributed by atoms with Gasteiger partial charge >= 0.3 is 0 Å². The standard InChI is InChI=1S/C15H21N3O/c1-11-4-5-14(15(19)8-11)13(3)16-6-7-18-10-12(2)9-17-18/h4-5,8-10,13,16,19H,6-7H2,1-3H3. The quantitative estimate of drug-likeness (QED) is 0.867. The normalized spacial score (nSPS) is 12.6. The van der Waals surface area contributed by atoms with Gasteiger partial charge in [-0.1, -0.05) is 12.1 Å². The molecule has 0 bridgehead atoms. The molecule has 1 unspecified atom stereocenters. The van der Waals surface area contributed by atoms with Crippen molar-refractivity contribution in [1.29, 1.82) is 0 Å². The van der Waals surface area contributed by atoms with Crippen molar-refractivity contribution < 1.29 is 5.11 Å². The molecule has 1 heterocycles. The Morgan fingerprint density at radius 2 is 2.11 bits per heavy atom. The number of hydrogen-bond acceptors (Lipinski definition) is 3. The maximum Gasteiger partial charge on any atom is 0.120 e. The molecule has 1 aromatic heterocycles. The minimum atomic E-state index is 0.122. The van der Waals surface area contributed by atoms with E-state index in [1.165, 1.54) is 5.56 Å². The van der Waals surface area contributed by atoms with Gasteiger partial charge in [0.2, 0.25) is 0 Å². The van der Waals surface area contributed by atoms with E-state index in [0.29, 0.717) is 5.75 Å². The number of nitrogens with zero attached hydrogens (tertiary/aromatic N) is 2. The number of aryl methyl sites for hydroxylation is 2. The highest BCUT2D eigenvalue weighted by Gasteiger charge is 2.09. The van der Waals surface area contributed by atoms with E-state index >= 15 is 0 Å². The van der Waals surface area contributed by atoms with E-state index in [-0.39, 0.29) is 6.04 Å². The Bertz CT molecular complexity index is 548. The van der Waals surface area contributed by atoms with Crippen LogP contribution in [0.15, 0.2) is 30.6 Å². The summed E-state index contributed by atoms with van der Waals surface area (Å²) in [5, 5.41) is 17.6. The summed E-state index contributed by atoms with van der Waals surface area (Å²) < 4.78 is 1.92. The summed E-state index contributed by atoms with van der Waals surface area (Å²) in [6.45, 7) is 7.70. The fourth-order valence-corrected chi connectivity index (χ4v) is 2.11. The minimum absolute atomic E-state index is 0.122. The van der Waals surface area contributed by atoms with Crippen LogP contribution < -0.4 is 5.32 Å². The first-order valence-electron chi connectivity index (χ1n) is 6.58. The Morgan fingerprint density at radius 1 is 1.32 bits per heavy atom. The van der Waals surface area contributed by atoms with Crippen LogP contribution in [0, 0.1) is 13.8 Å². The van der Waals surface area contributed by atoms with Crippen molar-refractivity contribution in [3.8, 4) is 5.75 Å². The maximum atomic E-state index is 9.92. The molecule has 19 heavy (non-hydrogen) atoms. The third-order valence-corrected chi connectivity index (χ3v) is 3.21. The maximum absolute atomic E-state index is 9.92. The van der Waals surface area contributed by atoms with Crippen LogP contribution in [-0.4, -0.2) is 21.4 Å². The van der Waals surface area contributed by atoms with Crippen LogP contribution in [0.3, 0.4) is 0 Å². The van der Waals surface area contributed by atoms with Gasteiger partial charge in [0.05, 0.1) is 12.7 Å². The van der Waals surface area contributed by atoms with Crippen molar-refractivity contribution in [3.05, 3.63) is 47.3 Å². The zero-order valence-corrected chi connectivity index (χ0v) is 11.7. The summed E-state index contributed by atoms with van der Waals surface area (Å²) in [6.07, 6.45) is 3.88. The largest absolute Gasteiger partial charge is 0.508 e. The van der Waals surface area contributed by atoms with Gasteiger partial charge in [0.15, 0.2) is 0 Å². The first-order chi connectivity index (χ1) is 9.06. The van der Waals surface area contributed by atoms with E-state index in [1.807, 2.05) is 43.1 Å². The topological polar surface area (TPSA) is 50.1 Å². The SMILES string of the molecule is Cc1ccc(C(C)NCCn2cc(C)cn2)c(O)c1. The second-order valence-corrected chi connectivity index (χ2v) is 5.02. The van der Waals surface area contributed by atoms with Gasteiger partial charge < -0.3 is 10.4 Å². The number of rotatable bonds is 5. The Kier molecular flexibility index (Phi) is 4.22. The molecule has 0 aliphatic rings. The lowest BCUT2D eigenvalue weighted by Gasteiger charge is -2.16. The number of hydrogen-bond donors (Lipinski definition) is 2. The molecule has 2 aromatic rings. The van der Waals surface area contributed by atoms with E-state index < -0.39 is 0 Å². The van der Waals surface area contributed by atoms with Crippen LogP contribution in [0.25, 0.3) is 0 Å². The molecule has 0 fully saturated rings. The van der Waals surface area contributed by atoms with Crippen molar-refractivity contribution in [2.75, 3.05) is 6.54 Å². The molecule has 0 amide bonds. The Labute approximate surface area is 114 Å². The van der Waals surface area contributed by atoms with Crippen molar-refractivity contribution in [2.24, 2.45) is 0 Å². The summed E-state index contributed by atoms with van der Waals surface area (Å²) in [5.41, 5.74) is 3.17. The first kappa shape index (κ1) is 13.6. The van der Waals surface area contributed by atoms with E-state index in [2.05, 4.69) is 17.3 Å². The number of nitrogens with one attached hydrogen (secondary N) is 1. The molecule has 4 nitrogen and oxygen atoms in total. The second-order valence-electron chi connectivity index (χ2n) is 5.02. The van der Waals surface area contributed by atoms with Crippen LogP contribution in [0.4, 0.5) is 0 Å². The number of phenolic OH excluding ortho intramolecular Hbond substituents is 1. The van der Waals surface area contributed by atoms with Crippen molar-refractivity contribution in [2.45, 2.75) is 33.4 Å². The van der Waals surface area contributed by atoms with Gasteiger partial charge in [-0.05, 0) is 38.0 Å². The first-order valence-corrected chi connectivity index (χ1v) is 6.58. The van der Waals surface area contributed by atoms with Gasteiger partial charge in [-0.25, -0.2) is 0 Å². The highest BCUT2D eigenvalue weighted by atomic mass is 16.3. The third kappa shape index (κ3) is 3.58. The van der Waals surface area contributed by atoms with Crippen molar-refractivity contribution in [3.63, 3.8) is 0 Å². The molecule has 0 aliphatic heterocycles. The molecule has 0 radical (unpaired) electrons. The predicted octanol–water partition coefficient (Wildman–Crippen LogP) is 2.56. The average Bonchev–Trinajstić information content (AvgIpc) is 2.75. The van der Waals surface area contributed by atoms with E-state index in [4.69, 9.17) is 0 Å². The van der Waals surface area contributed by atoms with Crippen molar-refractivity contribution in [1.82, 2.24) is 15.1 Å². The fourth-order valence-electron chi connectivity index (χ4n) is 2.11. The van der Waals surface area contributed by atoms with Crippen LogP contribution in [0.2, 0.25) is 0 Å². The molecule has 0 aliphatic carbocycles. The fraction of sp³-hybridized carbons (Fsp3) is 0.400. The summed E-state index contributed by atoms with van der Waals surface area (Å²) in [5.74, 6) is 0.356. The Balaban J connectivity index is 1.88. The summed E-state index contributed by atoms with van der Waals surface area (Å²) >= 11 is 0. The number of aromatic hydroxyl groups is 1. The van der Waals surface area contributed by atoms with Crippen LogP contribution >= 0.6 is 0 Å². The van der Waals surface area contributed by atoms with Gasteiger partial charge in [0, 0.05) is 24.3 Å². The monoisotopic (exact) mass is 259 g/mol. The molecule has 2 N–H and O–H groups in total. The van der Waals surface area contributed by atoms with E-state index in [0.717, 1.165) is 24.2 Å². The molecule has 102 valence electrons. The molecular formula is C15H21N3O. The summed E-state index contributed by atoms with van der Waals surface area (Å²) in [4.78, 5) is 0. The smallest absolute Gasteiger partial charge is 0.120 e. The van der Waals surface area contributed by atoms with Gasteiger partial charge in [-0.15, -0.1) is 0 Å². The van der Waals surface area contributed by atoms with Crippen LogP contribution in [0.1, 0.15) is 29.7 Å². The highest BCUT2D eigenvalue weighted by molar-refractivity contribution is 5.37. The van der Waals surface area contributed by atoms with Gasteiger partial charge in [-0.2, -0.15) is 5.10 Å². The number of aromatic nitrogens is 2. The summed E-state index contributed by atoms with van der Waals surface area (Å²) in [7, 11) is 0. The Hall–Kier alpha value is -1.81. The number of benzene rings is 1. The number of phenols is 1. The average molecular weight is 259 g/mol.